The van der Waals surface area contributed by atoms with Gasteiger partial charge in [0.05, 0.1) is 18.4 Å². The summed E-state index contributed by atoms with van der Waals surface area (Å²) >= 11 is 0. The van der Waals surface area contributed by atoms with Gasteiger partial charge in [0.15, 0.2) is 0 Å². The summed E-state index contributed by atoms with van der Waals surface area (Å²) in [4.78, 5) is 0. The van der Waals surface area contributed by atoms with E-state index in [1.165, 1.54) is 6.42 Å². The lowest BCUT2D eigenvalue weighted by Gasteiger charge is -2.12. The Kier molecular flexibility index (Phi) is 7.80. The van der Waals surface area contributed by atoms with Gasteiger partial charge in [0.25, 0.3) is 0 Å². The average molecular weight is 284 g/mol. The van der Waals surface area contributed by atoms with Crippen molar-refractivity contribution in [2.75, 3.05) is 19.8 Å². The molecule has 1 atom stereocenters. The van der Waals surface area contributed by atoms with Gasteiger partial charge in [-0.25, -0.2) is 0 Å². The first kappa shape index (κ1) is 17.1. The van der Waals surface area contributed by atoms with Gasteiger partial charge in [-0.2, -0.15) is 0 Å². The van der Waals surface area contributed by atoms with E-state index in [9.17, 15) is 5.11 Å². The molecule has 0 aliphatic rings. The molecule has 1 rings (SSSR count). The van der Waals surface area contributed by atoms with Crippen LogP contribution in [0.1, 0.15) is 43.7 Å². The number of ether oxygens (including phenoxy) is 1. The molecule has 0 spiro atoms. The SMILES string of the molecule is Cc1noc(C)c1CNCC(O)COCCCC(C)C. The Morgan fingerprint density at radius 2 is 2.10 bits per heavy atom. The molecule has 1 heterocycles. The summed E-state index contributed by atoms with van der Waals surface area (Å²) in [5.41, 5.74) is 1.96. The number of aromatic nitrogens is 1. The number of nitrogens with zero attached hydrogens (tertiary/aromatic N) is 1. The second-order valence-electron chi connectivity index (χ2n) is 5.70. The molecule has 0 bridgehead atoms. The van der Waals surface area contributed by atoms with Gasteiger partial charge < -0.3 is 19.7 Å². The molecular weight excluding hydrogens is 256 g/mol. The first-order chi connectivity index (χ1) is 9.50. The smallest absolute Gasteiger partial charge is 0.138 e. The minimum Gasteiger partial charge on any atom is -0.389 e. The standard InChI is InChI=1S/C15H28N2O3/c1-11(2)6-5-7-19-10-14(18)8-16-9-15-12(3)17-20-13(15)4/h11,14,16,18H,5-10H2,1-4H3. The molecule has 0 aliphatic carbocycles. The molecule has 20 heavy (non-hydrogen) atoms. The number of hydrogen-bond donors (Lipinski definition) is 2. The second kappa shape index (κ2) is 9.10. The maximum Gasteiger partial charge on any atom is 0.138 e. The summed E-state index contributed by atoms with van der Waals surface area (Å²) in [5.74, 6) is 1.54. The van der Waals surface area contributed by atoms with Crippen molar-refractivity contribution in [3.8, 4) is 0 Å². The van der Waals surface area contributed by atoms with Crippen molar-refractivity contribution in [1.29, 1.82) is 0 Å². The van der Waals surface area contributed by atoms with Crippen LogP contribution < -0.4 is 5.32 Å². The third-order valence-corrected chi connectivity index (χ3v) is 3.24. The molecule has 1 aromatic rings. The maximum absolute atomic E-state index is 9.80. The zero-order valence-corrected chi connectivity index (χ0v) is 13.1. The van der Waals surface area contributed by atoms with E-state index in [1.807, 2.05) is 13.8 Å². The van der Waals surface area contributed by atoms with Crippen LogP contribution in [0.25, 0.3) is 0 Å². The predicted molar refractivity (Wildman–Crippen MR) is 78.6 cm³/mol. The molecule has 0 fully saturated rings. The van der Waals surface area contributed by atoms with Crippen molar-refractivity contribution in [2.24, 2.45) is 5.92 Å². The first-order valence-electron chi connectivity index (χ1n) is 7.39. The molecule has 0 radical (unpaired) electrons. The van der Waals surface area contributed by atoms with Gasteiger partial charge in [-0.15, -0.1) is 0 Å². The van der Waals surface area contributed by atoms with Crippen molar-refractivity contribution in [2.45, 2.75) is 53.2 Å². The Morgan fingerprint density at radius 1 is 1.35 bits per heavy atom. The minimum absolute atomic E-state index is 0.382. The Bertz CT molecular complexity index is 358. The summed E-state index contributed by atoms with van der Waals surface area (Å²) in [5, 5.41) is 16.9. The van der Waals surface area contributed by atoms with E-state index in [2.05, 4.69) is 24.3 Å². The fourth-order valence-corrected chi connectivity index (χ4v) is 1.99. The van der Waals surface area contributed by atoms with Crippen molar-refractivity contribution in [3.05, 3.63) is 17.0 Å². The van der Waals surface area contributed by atoms with Gasteiger partial charge in [-0.3, -0.25) is 0 Å². The second-order valence-corrected chi connectivity index (χ2v) is 5.70. The van der Waals surface area contributed by atoms with Crippen molar-refractivity contribution >= 4 is 0 Å². The largest absolute Gasteiger partial charge is 0.389 e. The van der Waals surface area contributed by atoms with Crippen molar-refractivity contribution < 1.29 is 14.4 Å². The van der Waals surface area contributed by atoms with Crippen molar-refractivity contribution in [1.82, 2.24) is 10.5 Å². The fourth-order valence-electron chi connectivity index (χ4n) is 1.99. The third-order valence-electron chi connectivity index (χ3n) is 3.24. The van der Waals surface area contributed by atoms with Gasteiger partial charge in [0.2, 0.25) is 0 Å². The molecule has 116 valence electrons. The van der Waals surface area contributed by atoms with Crippen LogP contribution in [0, 0.1) is 19.8 Å². The molecule has 0 saturated heterocycles. The highest BCUT2D eigenvalue weighted by Gasteiger charge is 2.09. The zero-order chi connectivity index (χ0) is 15.0. The normalized spacial score (nSPS) is 13.1. The van der Waals surface area contributed by atoms with E-state index in [-0.39, 0.29) is 0 Å². The summed E-state index contributed by atoms with van der Waals surface area (Å²) in [6.07, 6.45) is 1.74. The van der Waals surface area contributed by atoms with Crippen LogP contribution in [0.3, 0.4) is 0 Å². The van der Waals surface area contributed by atoms with Crippen LogP contribution in [-0.2, 0) is 11.3 Å². The Hall–Kier alpha value is -0.910. The van der Waals surface area contributed by atoms with Crippen LogP contribution in [-0.4, -0.2) is 36.1 Å². The van der Waals surface area contributed by atoms with Crippen LogP contribution in [0.5, 0.6) is 0 Å². The van der Waals surface area contributed by atoms with Crippen LogP contribution in [0.15, 0.2) is 4.52 Å². The van der Waals surface area contributed by atoms with E-state index in [0.29, 0.717) is 25.6 Å². The molecular formula is C15H28N2O3. The van der Waals surface area contributed by atoms with Crippen LogP contribution in [0.2, 0.25) is 0 Å². The number of aliphatic hydroxyl groups is 1. The van der Waals surface area contributed by atoms with E-state index in [0.717, 1.165) is 30.0 Å². The molecule has 2 N–H and O–H groups in total. The van der Waals surface area contributed by atoms with Gasteiger partial charge in [0.1, 0.15) is 5.76 Å². The Morgan fingerprint density at radius 3 is 2.70 bits per heavy atom. The zero-order valence-electron chi connectivity index (χ0n) is 13.1. The molecule has 0 aromatic carbocycles. The average Bonchev–Trinajstić information content (AvgIpc) is 2.69. The summed E-state index contributed by atoms with van der Waals surface area (Å²) in [6, 6.07) is 0. The van der Waals surface area contributed by atoms with E-state index in [4.69, 9.17) is 9.26 Å². The van der Waals surface area contributed by atoms with Gasteiger partial charge >= 0.3 is 0 Å². The quantitative estimate of drug-likeness (QED) is 0.645. The lowest BCUT2D eigenvalue weighted by Crippen LogP contribution is -2.30. The highest BCUT2D eigenvalue weighted by Crippen LogP contribution is 2.11. The molecule has 0 saturated carbocycles. The number of aryl methyl sites for hydroxylation is 2. The molecule has 0 aliphatic heterocycles. The number of nitrogens with one attached hydrogen (secondary N) is 1. The Labute approximate surface area is 121 Å². The highest BCUT2D eigenvalue weighted by atomic mass is 16.5. The predicted octanol–water partition coefficient (Wildman–Crippen LogP) is 2.19. The third kappa shape index (κ3) is 6.50. The molecule has 5 nitrogen and oxygen atoms in total. The van der Waals surface area contributed by atoms with Crippen LogP contribution >= 0.6 is 0 Å². The monoisotopic (exact) mass is 284 g/mol. The summed E-state index contributed by atoms with van der Waals surface area (Å²) in [6.45, 7) is 10.5. The number of rotatable bonds is 10. The van der Waals surface area contributed by atoms with E-state index in [1.54, 1.807) is 0 Å². The highest BCUT2D eigenvalue weighted by molar-refractivity contribution is 5.20. The first-order valence-corrected chi connectivity index (χ1v) is 7.39. The van der Waals surface area contributed by atoms with E-state index < -0.39 is 6.10 Å². The molecule has 5 heteroatoms. The fraction of sp³-hybridized carbons (Fsp3) is 0.800. The van der Waals surface area contributed by atoms with Gasteiger partial charge in [-0.1, -0.05) is 19.0 Å². The Balaban J connectivity index is 2.07. The molecule has 1 unspecified atom stereocenters. The molecule has 0 amide bonds. The van der Waals surface area contributed by atoms with Crippen molar-refractivity contribution in [3.63, 3.8) is 0 Å². The van der Waals surface area contributed by atoms with Crippen LogP contribution in [0.4, 0.5) is 0 Å². The lowest BCUT2D eigenvalue weighted by molar-refractivity contribution is 0.0346. The number of hydrogen-bond acceptors (Lipinski definition) is 5. The molecule has 1 aromatic heterocycles. The summed E-state index contributed by atoms with van der Waals surface area (Å²) in [7, 11) is 0. The number of aliphatic hydroxyl groups excluding tert-OH is 1. The topological polar surface area (TPSA) is 67.5 Å². The summed E-state index contributed by atoms with van der Waals surface area (Å²) < 4.78 is 10.5. The lowest BCUT2D eigenvalue weighted by atomic mass is 10.1. The minimum atomic E-state index is -0.477. The van der Waals surface area contributed by atoms with Gasteiger partial charge in [0, 0.05) is 25.3 Å². The van der Waals surface area contributed by atoms with E-state index >= 15 is 0 Å². The maximum atomic E-state index is 9.80. The van der Waals surface area contributed by atoms with Gasteiger partial charge in [-0.05, 0) is 32.6 Å².